The molecular weight excluding hydrogens is 456 g/mol. The number of rotatable bonds is 5. The van der Waals surface area contributed by atoms with Crippen LogP contribution in [0.2, 0.25) is 0 Å². The Morgan fingerprint density at radius 3 is 2.14 bits per heavy atom. The molecule has 0 bridgehead atoms. The van der Waals surface area contributed by atoms with Gasteiger partial charge >= 0.3 is 11.3 Å². The molecule has 1 aliphatic rings. The highest BCUT2D eigenvalue weighted by atomic mass is 16.5. The first kappa shape index (κ1) is 23.7. The van der Waals surface area contributed by atoms with Gasteiger partial charge in [-0.3, -0.25) is 0 Å². The van der Waals surface area contributed by atoms with Crippen LogP contribution in [0.15, 0.2) is 84.7 Å². The zero-order valence-electron chi connectivity index (χ0n) is 20.8. The third-order valence-corrected chi connectivity index (χ3v) is 7.14. The average Bonchev–Trinajstić information content (AvgIpc) is 2.87. The summed E-state index contributed by atoms with van der Waals surface area (Å²) in [5.41, 5.74) is 3.26. The molecule has 2 aromatic carbocycles. The van der Waals surface area contributed by atoms with E-state index in [9.17, 15) is 9.59 Å². The Labute approximate surface area is 208 Å². The molecule has 36 heavy (non-hydrogen) atoms. The average molecular weight is 485 g/mol. The van der Waals surface area contributed by atoms with Crippen molar-refractivity contribution >= 4 is 28.0 Å². The Kier molecular flexibility index (Phi) is 6.04. The maximum absolute atomic E-state index is 11.7. The molecule has 2 aromatic heterocycles. The number of hydrogen-bond donors (Lipinski definition) is 0. The lowest BCUT2D eigenvalue weighted by atomic mass is 9.66. The fourth-order valence-corrected chi connectivity index (χ4v) is 5.05. The minimum absolute atomic E-state index is 0.0400. The molecular formula is C30H28O6. The monoisotopic (exact) mass is 484 g/mol. The summed E-state index contributed by atoms with van der Waals surface area (Å²) in [7, 11) is 3.24. The normalized spacial score (nSPS) is 20.1. The van der Waals surface area contributed by atoms with E-state index in [1.165, 1.54) is 17.7 Å². The molecule has 0 saturated carbocycles. The van der Waals surface area contributed by atoms with E-state index in [0.29, 0.717) is 22.7 Å². The van der Waals surface area contributed by atoms with Gasteiger partial charge in [-0.1, -0.05) is 30.7 Å². The fraction of sp³-hybridized carbons (Fsp3) is 0.267. The number of allylic oxidation sites excluding steroid dienone is 3. The van der Waals surface area contributed by atoms with E-state index in [1.807, 2.05) is 6.07 Å². The van der Waals surface area contributed by atoms with Crippen LogP contribution in [0.25, 0.3) is 28.0 Å². The van der Waals surface area contributed by atoms with Gasteiger partial charge in [0.05, 0.1) is 14.2 Å². The van der Waals surface area contributed by atoms with Gasteiger partial charge in [0, 0.05) is 52.1 Å². The van der Waals surface area contributed by atoms with Gasteiger partial charge in [0.25, 0.3) is 0 Å². The molecule has 2 heterocycles. The van der Waals surface area contributed by atoms with Crippen molar-refractivity contribution < 1.29 is 18.3 Å². The Morgan fingerprint density at radius 2 is 1.50 bits per heavy atom. The van der Waals surface area contributed by atoms with Crippen molar-refractivity contribution in [3.63, 3.8) is 0 Å². The van der Waals surface area contributed by atoms with E-state index >= 15 is 0 Å². The van der Waals surface area contributed by atoms with E-state index in [1.54, 1.807) is 38.5 Å². The number of hydrogen-bond acceptors (Lipinski definition) is 6. The Bertz CT molecular complexity index is 1640. The van der Waals surface area contributed by atoms with E-state index < -0.39 is 5.63 Å². The van der Waals surface area contributed by atoms with Crippen LogP contribution in [0.4, 0.5) is 0 Å². The molecule has 0 saturated heterocycles. The lowest BCUT2D eigenvalue weighted by Gasteiger charge is -2.38. The van der Waals surface area contributed by atoms with Crippen LogP contribution in [-0.2, 0) is 0 Å². The summed E-state index contributed by atoms with van der Waals surface area (Å²) < 4.78 is 22.1. The zero-order valence-corrected chi connectivity index (χ0v) is 20.8. The minimum Gasteiger partial charge on any atom is -0.496 e. The van der Waals surface area contributed by atoms with Crippen LogP contribution in [0.5, 0.6) is 11.5 Å². The van der Waals surface area contributed by atoms with Crippen LogP contribution in [0, 0.1) is 5.41 Å². The van der Waals surface area contributed by atoms with Gasteiger partial charge in [0.15, 0.2) is 0 Å². The molecule has 6 heteroatoms. The molecule has 1 aliphatic carbocycles. The summed E-state index contributed by atoms with van der Waals surface area (Å²) in [4.78, 5) is 23.4. The highest BCUT2D eigenvalue weighted by molar-refractivity contribution is 5.83. The molecule has 0 fully saturated rings. The number of ether oxygens (including phenoxy) is 2. The van der Waals surface area contributed by atoms with Crippen LogP contribution in [0.3, 0.4) is 0 Å². The summed E-state index contributed by atoms with van der Waals surface area (Å²) in [5, 5.41) is 1.68. The minimum atomic E-state index is -0.392. The van der Waals surface area contributed by atoms with Crippen LogP contribution >= 0.6 is 0 Å². The summed E-state index contributed by atoms with van der Waals surface area (Å²) >= 11 is 0. The molecule has 0 N–H and O–H groups in total. The number of methoxy groups -OCH3 is 2. The summed E-state index contributed by atoms with van der Waals surface area (Å²) in [5.74, 6) is 1.36. The van der Waals surface area contributed by atoms with Crippen LogP contribution in [0.1, 0.15) is 43.7 Å². The zero-order chi connectivity index (χ0) is 25.4. The Hall–Kier alpha value is -4.06. The molecule has 0 aliphatic heterocycles. The van der Waals surface area contributed by atoms with Gasteiger partial charge in [0.2, 0.25) is 0 Å². The summed E-state index contributed by atoms with van der Waals surface area (Å²) in [6, 6.07) is 14.0. The van der Waals surface area contributed by atoms with Gasteiger partial charge in [-0.2, -0.15) is 0 Å². The second-order valence-electron chi connectivity index (χ2n) is 9.60. The lowest BCUT2D eigenvalue weighted by Crippen LogP contribution is -2.26. The van der Waals surface area contributed by atoms with E-state index in [0.717, 1.165) is 34.7 Å². The summed E-state index contributed by atoms with van der Waals surface area (Å²) in [6.45, 7) is 4.40. The highest BCUT2D eigenvalue weighted by Gasteiger charge is 2.36. The van der Waals surface area contributed by atoms with Gasteiger partial charge in [0.1, 0.15) is 22.7 Å². The second kappa shape index (κ2) is 9.19. The quantitative estimate of drug-likeness (QED) is 0.239. The third-order valence-electron chi connectivity index (χ3n) is 7.14. The van der Waals surface area contributed by atoms with Crippen molar-refractivity contribution in [2.45, 2.75) is 32.6 Å². The molecule has 4 aromatic rings. The maximum atomic E-state index is 11.7. The van der Waals surface area contributed by atoms with E-state index in [4.69, 9.17) is 18.3 Å². The first-order valence-corrected chi connectivity index (χ1v) is 11.9. The standard InChI is InChI=1S/C30H28O6/c1-18-9-11-30(2,12-10-21-14-19-5-7-28(31)35-25(19)16-24(21)33-3)23(13-18)22-15-20-6-8-29(32)36-26(20)17-27(22)34-4/h5-8,10,12-17,23H,9,11H2,1-4H3/b12-10-. The largest absolute Gasteiger partial charge is 0.496 e. The predicted octanol–water partition coefficient (Wildman–Crippen LogP) is 6.46. The molecule has 2 atom stereocenters. The summed E-state index contributed by atoms with van der Waals surface area (Å²) in [6.07, 6.45) is 8.56. The smallest absolute Gasteiger partial charge is 0.336 e. The molecule has 6 nitrogen and oxygen atoms in total. The Balaban J connectivity index is 1.61. The molecule has 0 radical (unpaired) electrons. The number of fused-ring (bicyclic) bond motifs is 2. The van der Waals surface area contributed by atoms with Crippen molar-refractivity contribution in [2.75, 3.05) is 14.2 Å². The predicted molar refractivity (Wildman–Crippen MR) is 141 cm³/mol. The Morgan fingerprint density at radius 1 is 0.889 bits per heavy atom. The number of benzene rings is 2. The maximum Gasteiger partial charge on any atom is 0.336 e. The highest BCUT2D eigenvalue weighted by Crippen LogP contribution is 2.50. The topological polar surface area (TPSA) is 78.9 Å². The van der Waals surface area contributed by atoms with E-state index in [-0.39, 0.29) is 17.0 Å². The lowest BCUT2D eigenvalue weighted by molar-refractivity contribution is 0.322. The second-order valence-corrected chi connectivity index (χ2v) is 9.60. The molecule has 2 unspecified atom stereocenters. The van der Waals surface area contributed by atoms with Crippen molar-refractivity contribution in [3.8, 4) is 11.5 Å². The van der Waals surface area contributed by atoms with Gasteiger partial charge in [-0.25, -0.2) is 9.59 Å². The van der Waals surface area contributed by atoms with Gasteiger partial charge < -0.3 is 18.3 Å². The van der Waals surface area contributed by atoms with Gasteiger partial charge in [-0.15, -0.1) is 0 Å². The molecule has 0 spiro atoms. The fourth-order valence-electron chi connectivity index (χ4n) is 5.05. The first-order valence-electron chi connectivity index (χ1n) is 11.9. The molecule has 184 valence electrons. The van der Waals surface area contributed by atoms with Crippen molar-refractivity contribution in [1.82, 2.24) is 0 Å². The van der Waals surface area contributed by atoms with Crippen LogP contribution < -0.4 is 20.7 Å². The van der Waals surface area contributed by atoms with E-state index in [2.05, 4.69) is 38.1 Å². The third kappa shape index (κ3) is 4.35. The van der Waals surface area contributed by atoms with Crippen molar-refractivity contribution in [2.24, 2.45) is 5.41 Å². The van der Waals surface area contributed by atoms with Crippen molar-refractivity contribution in [1.29, 1.82) is 0 Å². The van der Waals surface area contributed by atoms with Crippen molar-refractivity contribution in [3.05, 3.63) is 98.2 Å². The molecule has 5 rings (SSSR count). The van der Waals surface area contributed by atoms with Gasteiger partial charge in [-0.05, 0) is 49.4 Å². The molecule has 0 amide bonds. The van der Waals surface area contributed by atoms with Crippen LogP contribution in [-0.4, -0.2) is 14.2 Å². The first-order chi connectivity index (χ1) is 17.3. The SMILES string of the molecule is COc1cc2oc(=O)ccc2cc1/C=C\C1(C)CCC(C)=CC1c1cc2ccc(=O)oc2cc1OC.